The number of hydrogen-bond acceptors (Lipinski definition) is 2. The number of nitrogens with zero attached hydrogens (tertiary/aromatic N) is 1. The summed E-state index contributed by atoms with van der Waals surface area (Å²) in [4.78, 5) is 10.8. The van der Waals surface area contributed by atoms with Crippen LogP contribution in [0.15, 0.2) is 12.1 Å². The minimum atomic E-state index is -4.62. The number of alkyl halides is 3. The normalized spacial score (nSPS) is 11.0. The summed E-state index contributed by atoms with van der Waals surface area (Å²) in [7, 11) is 0. The maximum absolute atomic E-state index is 12.5. The lowest BCUT2D eigenvalue weighted by Crippen LogP contribution is -2.10. The summed E-state index contributed by atoms with van der Waals surface area (Å²) in [6, 6.07) is 3.26. The van der Waals surface area contributed by atoms with Crippen LogP contribution in [0.5, 0.6) is 0 Å². The van der Waals surface area contributed by atoms with Crippen molar-refractivity contribution >= 4 is 39.4 Å². The van der Waals surface area contributed by atoms with Crippen molar-refractivity contribution in [3.05, 3.63) is 32.4 Å². The van der Waals surface area contributed by atoms with Gasteiger partial charge in [0.1, 0.15) is 6.07 Å². The van der Waals surface area contributed by atoms with Gasteiger partial charge >= 0.3 is 6.18 Å². The zero-order chi connectivity index (χ0) is 12.5. The van der Waals surface area contributed by atoms with Crippen LogP contribution in [0.4, 0.5) is 13.2 Å². The lowest BCUT2D eigenvalue weighted by molar-refractivity contribution is -0.138. The first kappa shape index (κ1) is 13.3. The predicted molar refractivity (Wildman–Crippen MR) is 59.1 cm³/mol. The number of halogens is 5. The number of carbonyl (C=O) groups excluding carboxylic acids is 1. The van der Waals surface area contributed by atoms with E-state index in [1.54, 1.807) is 6.07 Å². The van der Waals surface area contributed by atoms with Crippen molar-refractivity contribution in [3.8, 4) is 6.07 Å². The van der Waals surface area contributed by atoms with Crippen molar-refractivity contribution in [2.75, 3.05) is 0 Å². The highest BCUT2D eigenvalue weighted by molar-refractivity contribution is 14.1. The Balaban J connectivity index is 3.56. The molecule has 0 spiro atoms. The van der Waals surface area contributed by atoms with Gasteiger partial charge in [-0.1, -0.05) is 0 Å². The average molecular weight is 359 g/mol. The molecule has 0 N–H and O–H groups in total. The third-order valence-corrected chi connectivity index (χ3v) is 3.11. The van der Waals surface area contributed by atoms with Gasteiger partial charge in [0.15, 0.2) is 0 Å². The zero-order valence-electron chi connectivity index (χ0n) is 7.40. The SMILES string of the molecule is N#Cc1cc(C(=O)Cl)cc(C(F)(F)F)c1I. The van der Waals surface area contributed by atoms with Crippen molar-refractivity contribution < 1.29 is 18.0 Å². The molecule has 16 heavy (non-hydrogen) atoms. The van der Waals surface area contributed by atoms with E-state index in [-0.39, 0.29) is 14.7 Å². The third kappa shape index (κ3) is 2.65. The van der Waals surface area contributed by atoms with Crippen LogP contribution in [0.1, 0.15) is 21.5 Å². The molecule has 0 aliphatic rings. The Morgan fingerprint density at radius 3 is 2.38 bits per heavy atom. The average Bonchev–Trinajstić information content (AvgIpc) is 2.15. The summed E-state index contributed by atoms with van der Waals surface area (Å²) >= 11 is 6.50. The van der Waals surface area contributed by atoms with E-state index in [0.717, 1.165) is 6.07 Å². The van der Waals surface area contributed by atoms with Gasteiger partial charge in [-0.3, -0.25) is 4.79 Å². The van der Waals surface area contributed by atoms with Crippen LogP contribution in [-0.2, 0) is 6.18 Å². The maximum atomic E-state index is 12.5. The van der Waals surface area contributed by atoms with Crippen molar-refractivity contribution in [3.63, 3.8) is 0 Å². The topological polar surface area (TPSA) is 40.9 Å². The molecule has 0 amide bonds. The summed E-state index contributed by atoms with van der Waals surface area (Å²) in [6.45, 7) is 0. The zero-order valence-corrected chi connectivity index (χ0v) is 10.3. The quantitative estimate of drug-likeness (QED) is 0.568. The molecule has 0 bridgehead atoms. The molecule has 0 radical (unpaired) electrons. The Morgan fingerprint density at radius 2 is 2.00 bits per heavy atom. The van der Waals surface area contributed by atoms with Crippen molar-refractivity contribution in [1.82, 2.24) is 0 Å². The van der Waals surface area contributed by atoms with Gasteiger partial charge in [-0.05, 0) is 46.3 Å². The van der Waals surface area contributed by atoms with E-state index < -0.39 is 17.0 Å². The fourth-order valence-corrected chi connectivity index (χ4v) is 1.87. The van der Waals surface area contributed by atoms with Crippen molar-refractivity contribution in [1.29, 1.82) is 5.26 Å². The van der Waals surface area contributed by atoms with Crippen LogP contribution in [-0.4, -0.2) is 5.24 Å². The molecule has 0 aliphatic carbocycles. The van der Waals surface area contributed by atoms with Gasteiger partial charge < -0.3 is 0 Å². The second-order valence-electron chi connectivity index (χ2n) is 2.77. The second kappa shape index (κ2) is 4.59. The van der Waals surface area contributed by atoms with E-state index in [0.29, 0.717) is 6.07 Å². The minimum Gasteiger partial charge on any atom is -0.276 e. The van der Waals surface area contributed by atoms with Gasteiger partial charge in [0.25, 0.3) is 5.24 Å². The smallest absolute Gasteiger partial charge is 0.276 e. The second-order valence-corrected chi connectivity index (χ2v) is 4.19. The molecule has 0 saturated carbocycles. The van der Waals surface area contributed by atoms with E-state index in [4.69, 9.17) is 16.9 Å². The van der Waals surface area contributed by atoms with Crippen LogP contribution in [0.25, 0.3) is 0 Å². The van der Waals surface area contributed by atoms with E-state index in [1.807, 2.05) is 0 Å². The molecule has 7 heteroatoms. The number of benzene rings is 1. The van der Waals surface area contributed by atoms with Crippen LogP contribution in [0.2, 0.25) is 0 Å². The summed E-state index contributed by atoms with van der Waals surface area (Å²) in [5.41, 5.74) is -1.60. The first-order valence-electron chi connectivity index (χ1n) is 3.78. The van der Waals surface area contributed by atoms with Crippen LogP contribution in [0.3, 0.4) is 0 Å². The maximum Gasteiger partial charge on any atom is 0.417 e. The van der Waals surface area contributed by atoms with E-state index in [9.17, 15) is 18.0 Å². The molecule has 0 aromatic heterocycles. The fraction of sp³-hybridized carbons (Fsp3) is 0.111. The third-order valence-electron chi connectivity index (χ3n) is 1.73. The van der Waals surface area contributed by atoms with Crippen LogP contribution < -0.4 is 0 Å². The molecule has 0 heterocycles. The van der Waals surface area contributed by atoms with Crippen molar-refractivity contribution in [2.24, 2.45) is 0 Å². The van der Waals surface area contributed by atoms with E-state index >= 15 is 0 Å². The van der Waals surface area contributed by atoms with Gasteiger partial charge in [0, 0.05) is 9.13 Å². The monoisotopic (exact) mass is 359 g/mol. The molecule has 1 rings (SSSR count). The standard InChI is InChI=1S/C9H2ClF3INO/c10-8(16)4-1-5(3-15)7(14)6(2-4)9(11,12)13/h1-2H. The Kier molecular flexibility index (Phi) is 3.80. The molecule has 0 unspecified atom stereocenters. The highest BCUT2D eigenvalue weighted by atomic mass is 127. The van der Waals surface area contributed by atoms with Crippen LogP contribution >= 0.6 is 34.2 Å². The summed E-state index contributed by atoms with van der Waals surface area (Å²) in [5.74, 6) is 0. The lowest BCUT2D eigenvalue weighted by Gasteiger charge is -2.11. The molecule has 0 fully saturated rings. The Morgan fingerprint density at radius 1 is 1.44 bits per heavy atom. The van der Waals surface area contributed by atoms with Gasteiger partial charge in [-0.15, -0.1) is 0 Å². The lowest BCUT2D eigenvalue weighted by atomic mass is 10.1. The first-order valence-corrected chi connectivity index (χ1v) is 5.23. The Bertz CT molecular complexity index is 493. The largest absolute Gasteiger partial charge is 0.417 e. The molecule has 0 atom stereocenters. The van der Waals surface area contributed by atoms with E-state index in [1.165, 1.54) is 22.6 Å². The molecular formula is C9H2ClF3INO. The molecular weight excluding hydrogens is 357 g/mol. The Hall–Kier alpha value is -0.810. The van der Waals surface area contributed by atoms with Gasteiger partial charge in [0.2, 0.25) is 0 Å². The molecule has 84 valence electrons. The van der Waals surface area contributed by atoms with Crippen molar-refractivity contribution in [2.45, 2.75) is 6.18 Å². The molecule has 1 aromatic rings. The molecule has 0 aliphatic heterocycles. The molecule has 2 nitrogen and oxygen atoms in total. The summed E-state index contributed by atoms with van der Waals surface area (Å²) < 4.78 is 37.4. The van der Waals surface area contributed by atoms with E-state index in [2.05, 4.69) is 0 Å². The summed E-state index contributed by atoms with van der Waals surface area (Å²) in [6.07, 6.45) is -4.62. The highest BCUT2D eigenvalue weighted by Crippen LogP contribution is 2.35. The number of rotatable bonds is 1. The Labute approximate surface area is 107 Å². The number of nitriles is 1. The summed E-state index contributed by atoms with van der Waals surface area (Å²) in [5, 5.41) is 7.61. The molecule has 1 aromatic carbocycles. The predicted octanol–water partition coefficient (Wildman–Crippen LogP) is 3.56. The van der Waals surface area contributed by atoms with Gasteiger partial charge in [0.05, 0.1) is 11.1 Å². The van der Waals surface area contributed by atoms with Crippen LogP contribution in [0, 0.1) is 14.9 Å². The minimum absolute atomic E-state index is 0.223. The highest BCUT2D eigenvalue weighted by Gasteiger charge is 2.34. The van der Waals surface area contributed by atoms with Gasteiger partial charge in [-0.2, -0.15) is 18.4 Å². The number of carbonyl (C=O) groups is 1. The fourth-order valence-electron chi connectivity index (χ4n) is 1.03. The molecule has 0 saturated heterocycles. The first-order chi connectivity index (χ1) is 7.27. The number of hydrogen-bond donors (Lipinski definition) is 0. The van der Waals surface area contributed by atoms with Gasteiger partial charge in [-0.25, -0.2) is 0 Å².